The van der Waals surface area contributed by atoms with Crippen LogP contribution in [0.5, 0.6) is 0 Å². The fourth-order valence-corrected chi connectivity index (χ4v) is 4.61. The lowest BCUT2D eigenvalue weighted by molar-refractivity contribution is -0.155. The van der Waals surface area contributed by atoms with Crippen LogP contribution in [0.25, 0.3) is 0 Å². The molecule has 0 aromatic rings. The Labute approximate surface area is 151 Å². The highest BCUT2D eigenvalue weighted by Crippen LogP contribution is 2.64. The van der Waals surface area contributed by atoms with Gasteiger partial charge in [0.05, 0.1) is 0 Å². The highest BCUT2D eigenvalue weighted by atomic mass is 19.3. The molecule has 2 saturated carbocycles. The summed E-state index contributed by atoms with van der Waals surface area (Å²) in [6, 6.07) is -1.80. The van der Waals surface area contributed by atoms with E-state index in [1.807, 2.05) is 13.8 Å². The fourth-order valence-electron chi connectivity index (χ4n) is 4.61. The quantitative estimate of drug-likeness (QED) is 0.770. The second kappa shape index (κ2) is 5.89. The van der Waals surface area contributed by atoms with Gasteiger partial charge in [0.2, 0.25) is 17.7 Å². The van der Waals surface area contributed by atoms with Crippen molar-refractivity contribution in [3.63, 3.8) is 0 Å². The Kier molecular flexibility index (Phi) is 4.31. The number of alkyl halides is 2. The number of piperidine rings is 1. The van der Waals surface area contributed by atoms with Crippen LogP contribution in [0.4, 0.5) is 8.78 Å². The minimum absolute atomic E-state index is 0.0854. The SMILES string of the molecule is CC(C)C(NC(=O)C1CC(F)(F)C1)C(=O)N1C[C@H]2[C@@H]([C@H]1C(=O)O)C2(C)C. The van der Waals surface area contributed by atoms with Crippen LogP contribution in [0, 0.1) is 29.1 Å². The standard InChI is InChI=1S/C18H26F2N2O4/c1-8(2)12(21-14(23)9-5-18(19,20)6-9)15(24)22-7-10-11(17(10,3)4)13(22)16(25)26/h8-13H,5-7H2,1-4H3,(H,21,23)(H,25,26)/t10-,11-,12?,13-/m0/s1. The Morgan fingerprint density at radius 3 is 2.23 bits per heavy atom. The number of hydrogen-bond acceptors (Lipinski definition) is 3. The van der Waals surface area contributed by atoms with Crippen molar-refractivity contribution in [2.45, 2.75) is 58.5 Å². The molecule has 1 aliphatic heterocycles. The molecule has 3 rings (SSSR count). The topological polar surface area (TPSA) is 86.7 Å². The van der Waals surface area contributed by atoms with E-state index < -0.39 is 54.5 Å². The first-order valence-electron chi connectivity index (χ1n) is 9.08. The highest BCUT2D eigenvalue weighted by molar-refractivity contribution is 5.92. The number of halogens is 2. The lowest BCUT2D eigenvalue weighted by Crippen LogP contribution is -2.57. The zero-order valence-corrected chi connectivity index (χ0v) is 15.5. The molecule has 4 atom stereocenters. The van der Waals surface area contributed by atoms with E-state index in [1.54, 1.807) is 13.8 Å². The number of nitrogens with zero attached hydrogens (tertiary/aromatic N) is 1. The molecule has 26 heavy (non-hydrogen) atoms. The van der Waals surface area contributed by atoms with Crippen LogP contribution in [0.2, 0.25) is 0 Å². The number of rotatable bonds is 5. The Morgan fingerprint density at radius 1 is 1.19 bits per heavy atom. The average molecular weight is 372 g/mol. The second-order valence-corrected chi connectivity index (χ2v) is 8.92. The van der Waals surface area contributed by atoms with Crippen molar-refractivity contribution >= 4 is 17.8 Å². The average Bonchev–Trinajstić information content (AvgIpc) is 2.85. The molecule has 0 spiro atoms. The number of carbonyl (C=O) groups is 3. The normalized spacial score (nSPS) is 32.6. The summed E-state index contributed by atoms with van der Waals surface area (Å²) in [5.41, 5.74) is -0.103. The number of carbonyl (C=O) groups excluding carboxylic acids is 2. The fraction of sp³-hybridized carbons (Fsp3) is 0.833. The predicted molar refractivity (Wildman–Crippen MR) is 88.3 cm³/mol. The van der Waals surface area contributed by atoms with Crippen LogP contribution in [0.15, 0.2) is 0 Å². The molecule has 2 aliphatic carbocycles. The molecule has 0 radical (unpaired) electrons. The zero-order valence-electron chi connectivity index (χ0n) is 15.5. The minimum Gasteiger partial charge on any atom is -0.480 e. The molecular weight excluding hydrogens is 346 g/mol. The van der Waals surface area contributed by atoms with Gasteiger partial charge in [-0.25, -0.2) is 13.6 Å². The third-order valence-electron chi connectivity index (χ3n) is 6.44. The summed E-state index contributed by atoms with van der Waals surface area (Å²) in [6.07, 6.45) is -1.00. The molecule has 1 saturated heterocycles. The largest absolute Gasteiger partial charge is 0.480 e. The maximum atomic E-state index is 13.0. The number of aliphatic carboxylic acids is 1. The molecule has 1 heterocycles. The lowest BCUT2D eigenvalue weighted by Gasteiger charge is -2.36. The first-order valence-corrected chi connectivity index (χ1v) is 9.08. The van der Waals surface area contributed by atoms with Gasteiger partial charge in [-0.3, -0.25) is 9.59 Å². The molecule has 6 nitrogen and oxygen atoms in total. The van der Waals surface area contributed by atoms with E-state index in [2.05, 4.69) is 5.32 Å². The maximum absolute atomic E-state index is 13.0. The van der Waals surface area contributed by atoms with E-state index in [-0.39, 0.29) is 23.2 Å². The minimum atomic E-state index is -2.81. The summed E-state index contributed by atoms with van der Waals surface area (Å²) in [6.45, 7) is 7.84. The lowest BCUT2D eigenvalue weighted by atomic mass is 9.80. The van der Waals surface area contributed by atoms with Crippen LogP contribution < -0.4 is 5.32 Å². The highest BCUT2D eigenvalue weighted by Gasteiger charge is 2.69. The molecule has 146 valence electrons. The van der Waals surface area contributed by atoms with Crippen molar-refractivity contribution in [1.29, 1.82) is 0 Å². The summed E-state index contributed by atoms with van der Waals surface area (Å²) >= 11 is 0. The van der Waals surface area contributed by atoms with Gasteiger partial charge in [-0.2, -0.15) is 0 Å². The van der Waals surface area contributed by atoms with Crippen molar-refractivity contribution < 1.29 is 28.3 Å². The smallest absolute Gasteiger partial charge is 0.326 e. The van der Waals surface area contributed by atoms with Gasteiger partial charge >= 0.3 is 5.97 Å². The van der Waals surface area contributed by atoms with E-state index in [1.165, 1.54) is 4.90 Å². The molecule has 2 amide bonds. The van der Waals surface area contributed by atoms with Crippen LogP contribution in [0.3, 0.4) is 0 Å². The molecule has 3 fully saturated rings. The molecule has 0 bridgehead atoms. The van der Waals surface area contributed by atoms with E-state index in [9.17, 15) is 28.3 Å². The number of hydrogen-bond donors (Lipinski definition) is 2. The van der Waals surface area contributed by atoms with E-state index in [0.717, 1.165) is 0 Å². The van der Waals surface area contributed by atoms with Crippen LogP contribution in [0.1, 0.15) is 40.5 Å². The van der Waals surface area contributed by atoms with Gasteiger partial charge in [0.15, 0.2) is 0 Å². The number of nitrogens with one attached hydrogen (secondary N) is 1. The van der Waals surface area contributed by atoms with Gasteiger partial charge in [0.25, 0.3) is 0 Å². The molecule has 3 aliphatic rings. The molecular formula is C18H26F2N2O4. The summed E-state index contributed by atoms with van der Waals surface area (Å²) < 4.78 is 26.0. The first-order chi connectivity index (χ1) is 11.9. The summed E-state index contributed by atoms with van der Waals surface area (Å²) in [4.78, 5) is 38.3. The third kappa shape index (κ3) is 2.97. The maximum Gasteiger partial charge on any atom is 0.326 e. The Hall–Kier alpha value is -1.73. The molecule has 8 heteroatoms. The van der Waals surface area contributed by atoms with E-state index in [4.69, 9.17) is 0 Å². The summed E-state index contributed by atoms with van der Waals surface area (Å²) in [7, 11) is 0. The van der Waals surface area contributed by atoms with Crippen LogP contribution >= 0.6 is 0 Å². The van der Waals surface area contributed by atoms with Gasteiger partial charge in [0, 0.05) is 31.2 Å². The summed E-state index contributed by atoms with van der Waals surface area (Å²) in [5.74, 6) is -5.85. The summed E-state index contributed by atoms with van der Waals surface area (Å²) in [5, 5.41) is 12.2. The van der Waals surface area contributed by atoms with Crippen molar-refractivity contribution in [3.05, 3.63) is 0 Å². The van der Waals surface area contributed by atoms with Gasteiger partial charge in [-0.05, 0) is 17.3 Å². The van der Waals surface area contributed by atoms with Crippen LogP contribution in [-0.2, 0) is 14.4 Å². The zero-order chi connectivity index (χ0) is 19.6. The molecule has 2 N–H and O–H groups in total. The first kappa shape index (κ1) is 19.0. The van der Waals surface area contributed by atoms with Gasteiger partial charge in [0.1, 0.15) is 12.1 Å². The number of fused-ring (bicyclic) bond motifs is 1. The number of likely N-dealkylation sites (tertiary alicyclic amines) is 1. The Balaban J connectivity index is 1.70. The number of amides is 2. The number of carboxylic acids is 1. The van der Waals surface area contributed by atoms with Crippen molar-refractivity contribution in [2.24, 2.45) is 29.1 Å². The number of carboxylic acid groups (broad SMARTS) is 1. The van der Waals surface area contributed by atoms with Gasteiger partial charge in [-0.15, -0.1) is 0 Å². The van der Waals surface area contributed by atoms with Crippen molar-refractivity contribution in [2.75, 3.05) is 6.54 Å². The predicted octanol–water partition coefficient (Wildman–Crippen LogP) is 1.74. The Morgan fingerprint density at radius 2 is 1.77 bits per heavy atom. The van der Waals surface area contributed by atoms with Gasteiger partial charge < -0.3 is 15.3 Å². The monoisotopic (exact) mass is 372 g/mol. The molecule has 0 aromatic heterocycles. The van der Waals surface area contributed by atoms with E-state index in [0.29, 0.717) is 6.54 Å². The molecule has 1 unspecified atom stereocenters. The van der Waals surface area contributed by atoms with Crippen molar-refractivity contribution in [1.82, 2.24) is 10.2 Å². The van der Waals surface area contributed by atoms with Gasteiger partial charge in [-0.1, -0.05) is 27.7 Å². The second-order valence-electron chi connectivity index (χ2n) is 8.92. The van der Waals surface area contributed by atoms with Crippen molar-refractivity contribution in [3.8, 4) is 0 Å². The Bertz CT molecular complexity index is 641. The molecule has 0 aromatic carbocycles. The van der Waals surface area contributed by atoms with E-state index >= 15 is 0 Å². The third-order valence-corrected chi connectivity index (χ3v) is 6.44. The van der Waals surface area contributed by atoms with Crippen LogP contribution in [-0.4, -0.2) is 52.3 Å².